The second-order valence-corrected chi connectivity index (χ2v) is 10.9. The molecule has 1 N–H and O–H groups in total. The van der Waals surface area contributed by atoms with E-state index in [0.717, 1.165) is 28.5 Å². The third kappa shape index (κ3) is 4.83. The Morgan fingerprint density at radius 1 is 1.25 bits per heavy atom. The van der Waals surface area contributed by atoms with E-state index in [1.165, 1.54) is 11.3 Å². The highest BCUT2D eigenvalue weighted by atomic mass is 79.9. The van der Waals surface area contributed by atoms with Gasteiger partial charge in [0.25, 0.3) is 5.91 Å². The van der Waals surface area contributed by atoms with E-state index in [2.05, 4.69) is 27.0 Å². The molecule has 2 aromatic carbocycles. The van der Waals surface area contributed by atoms with Crippen LogP contribution in [0, 0.1) is 11.3 Å². The van der Waals surface area contributed by atoms with Crippen molar-refractivity contribution in [3.8, 4) is 6.07 Å². The van der Waals surface area contributed by atoms with Crippen LogP contribution in [-0.2, 0) is 16.6 Å². The number of amides is 1. The van der Waals surface area contributed by atoms with Gasteiger partial charge in [-0.05, 0) is 64.0 Å². The van der Waals surface area contributed by atoms with Crippen LogP contribution < -0.4 is 9.62 Å². The fourth-order valence-corrected chi connectivity index (χ4v) is 4.99. The van der Waals surface area contributed by atoms with E-state index in [1.807, 2.05) is 33.9 Å². The van der Waals surface area contributed by atoms with E-state index >= 15 is 0 Å². The fourth-order valence-electron chi connectivity index (χ4n) is 3.05. The van der Waals surface area contributed by atoms with Crippen LogP contribution in [0.4, 0.5) is 10.8 Å². The van der Waals surface area contributed by atoms with Gasteiger partial charge in [0.15, 0.2) is 10.8 Å². The summed E-state index contributed by atoms with van der Waals surface area (Å²) in [5, 5.41) is 10.5. The number of nitrogens with one attached hydrogen (secondary N) is 1. The Morgan fingerprint density at radius 2 is 2.00 bits per heavy atom. The molecule has 0 aliphatic rings. The number of nitrogens with zero attached hydrogens (tertiary/aromatic N) is 3. The van der Waals surface area contributed by atoms with Gasteiger partial charge in [0, 0.05) is 11.1 Å². The van der Waals surface area contributed by atoms with Gasteiger partial charge in [0.2, 0.25) is 10.0 Å². The van der Waals surface area contributed by atoms with E-state index in [1.54, 1.807) is 30.5 Å². The number of hydrogen-bond acceptors (Lipinski definition) is 8. The van der Waals surface area contributed by atoms with Crippen molar-refractivity contribution in [3.05, 3.63) is 75.4 Å². The molecule has 0 bridgehead atoms. The first kappa shape index (κ1) is 22.0. The lowest BCUT2D eigenvalue weighted by atomic mass is 10.1. The average molecular weight is 531 g/mol. The molecule has 1 amide bonds. The summed E-state index contributed by atoms with van der Waals surface area (Å²) in [6, 6.07) is 16.7. The second-order valence-electron chi connectivity index (χ2n) is 6.86. The Balaban J connectivity index is 1.74. The number of furan rings is 1. The first-order valence-corrected chi connectivity index (χ1v) is 12.7. The summed E-state index contributed by atoms with van der Waals surface area (Å²) in [4.78, 5) is 18.7. The summed E-state index contributed by atoms with van der Waals surface area (Å²) in [5.74, 6) is -0.818. The number of benzene rings is 2. The Morgan fingerprint density at radius 3 is 2.69 bits per heavy atom. The first-order chi connectivity index (χ1) is 15.2. The van der Waals surface area contributed by atoms with Gasteiger partial charge in [-0.15, -0.1) is 0 Å². The van der Waals surface area contributed by atoms with Gasteiger partial charge in [-0.2, -0.15) is 5.26 Å². The van der Waals surface area contributed by atoms with Crippen molar-refractivity contribution in [2.45, 2.75) is 6.54 Å². The van der Waals surface area contributed by atoms with Crippen LogP contribution in [0.1, 0.15) is 21.6 Å². The lowest BCUT2D eigenvalue weighted by Crippen LogP contribution is -2.30. The van der Waals surface area contributed by atoms with Gasteiger partial charge >= 0.3 is 0 Å². The topological polar surface area (TPSA) is 116 Å². The highest BCUT2D eigenvalue weighted by Crippen LogP contribution is 2.36. The average Bonchev–Trinajstić information content (AvgIpc) is 3.37. The molecule has 32 heavy (non-hydrogen) atoms. The molecule has 11 heteroatoms. The maximum Gasteiger partial charge on any atom is 0.285 e. The molecule has 0 unspecified atom stereocenters. The Labute approximate surface area is 196 Å². The molecule has 8 nitrogen and oxygen atoms in total. The van der Waals surface area contributed by atoms with Gasteiger partial charge in [-0.1, -0.05) is 17.4 Å². The highest BCUT2D eigenvalue weighted by Gasteiger charge is 2.23. The molecule has 0 fully saturated rings. The predicted molar refractivity (Wildman–Crippen MR) is 125 cm³/mol. The minimum atomic E-state index is -3.73. The highest BCUT2D eigenvalue weighted by molar-refractivity contribution is 9.11. The Hall–Kier alpha value is -3.20. The third-order valence-corrected chi connectivity index (χ3v) is 6.75. The molecule has 2 heterocycles. The molecule has 4 aromatic rings. The van der Waals surface area contributed by atoms with Crippen molar-refractivity contribution in [2.24, 2.45) is 0 Å². The molecule has 0 aliphatic heterocycles. The summed E-state index contributed by atoms with van der Waals surface area (Å²) in [6.07, 6.45) is 2.53. The molecule has 0 radical (unpaired) electrons. The largest absolute Gasteiger partial charge is 0.464 e. The lowest BCUT2D eigenvalue weighted by molar-refractivity contribution is 0.0977. The lowest BCUT2D eigenvalue weighted by Gasteiger charge is -2.22. The van der Waals surface area contributed by atoms with Crippen LogP contribution in [-0.4, -0.2) is 25.6 Å². The summed E-state index contributed by atoms with van der Waals surface area (Å²) in [6.45, 7) is 0.417. The molecule has 162 valence electrons. The normalized spacial score (nSPS) is 11.3. The first-order valence-electron chi connectivity index (χ1n) is 9.16. The maximum absolute atomic E-state index is 12.4. The number of aromatic nitrogens is 1. The van der Waals surface area contributed by atoms with E-state index in [9.17, 15) is 13.2 Å². The zero-order valence-corrected chi connectivity index (χ0v) is 19.8. The molecule has 0 aliphatic carbocycles. The second kappa shape index (κ2) is 8.74. The molecular weight excluding hydrogens is 516 g/mol. The van der Waals surface area contributed by atoms with Crippen molar-refractivity contribution >= 4 is 65.0 Å². The zero-order valence-electron chi connectivity index (χ0n) is 16.6. The molecule has 2 aromatic heterocycles. The monoisotopic (exact) mass is 530 g/mol. The van der Waals surface area contributed by atoms with Crippen LogP contribution in [0.25, 0.3) is 11.0 Å². The standard InChI is InChI=1S/C21H15BrN4O4S2/c1-32(28,29)25-20(27)18-19(22)31-21(24-18)26(16-5-2-13(11-23)3-6-16)12-14-4-7-17-15(10-14)8-9-30-17/h2-10H,12H2,1H3,(H,25,27). The van der Waals surface area contributed by atoms with Gasteiger partial charge in [0.05, 0.1) is 30.7 Å². The minimum Gasteiger partial charge on any atom is -0.464 e. The van der Waals surface area contributed by atoms with Crippen LogP contribution in [0.2, 0.25) is 0 Å². The van der Waals surface area contributed by atoms with Crippen molar-refractivity contribution in [3.63, 3.8) is 0 Å². The Bertz CT molecular complexity index is 1450. The van der Waals surface area contributed by atoms with Crippen LogP contribution in [0.15, 0.2) is 63.0 Å². The molecule has 0 atom stereocenters. The number of anilines is 2. The van der Waals surface area contributed by atoms with Gasteiger partial charge in [0.1, 0.15) is 9.37 Å². The summed E-state index contributed by atoms with van der Waals surface area (Å²) >= 11 is 4.52. The van der Waals surface area contributed by atoms with Crippen LogP contribution >= 0.6 is 27.3 Å². The van der Waals surface area contributed by atoms with E-state index in [-0.39, 0.29) is 5.69 Å². The minimum absolute atomic E-state index is 0.0284. The predicted octanol–water partition coefficient (Wildman–Crippen LogP) is 4.55. The van der Waals surface area contributed by atoms with Crippen molar-refractivity contribution in [2.75, 3.05) is 11.2 Å². The van der Waals surface area contributed by atoms with E-state index in [4.69, 9.17) is 9.68 Å². The number of rotatable bonds is 6. The SMILES string of the molecule is CS(=O)(=O)NC(=O)c1nc(N(Cc2ccc3occc3c2)c2ccc(C#N)cc2)sc1Br. The van der Waals surface area contributed by atoms with Crippen LogP contribution in [0.5, 0.6) is 0 Å². The van der Waals surface area contributed by atoms with Gasteiger partial charge < -0.3 is 9.32 Å². The van der Waals surface area contributed by atoms with Crippen molar-refractivity contribution < 1.29 is 17.6 Å². The van der Waals surface area contributed by atoms with Crippen molar-refractivity contribution in [1.29, 1.82) is 5.26 Å². The smallest absolute Gasteiger partial charge is 0.285 e. The molecular formula is C21H15BrN4O4S2. The van der Waals surface area contributed by atoms with Crippen molar-refractivity contribution in [1.82, 2.24) is 9.71 Å². The number of halogens is 1. The summed E-state index contributed by atoms with van der Waals surface area (Å²) < 4.78 is 30.7. The van der Waals surface area contributed by atoms with Gasteiger partial charge in [-0.3, -0.25) is 4.79 Å². The number of sulfonamides is 1. The van der Waals surface area contributed by atoms with E-state index in [0.29, 0.717) is 21.0 Å². The molecule has 0 saturated carbocycles. The molecule has 0 spiro atoms. The molecule has 4 rings (SSSR count). The molecule has 0 saturated heterocycles. The number of thiazole rings is 1. The fraction of sp³-hybridized carbons (Fsp3) is 0.0952. The number of fused-ring (bicyclic) bond motifs is 1. The number of hydrogen-bond donors (Lipinski definition) is 1. The van der Waals surface area contributed by atoms with Crippen LogP contribution in [0.3, 0.4) is 0 Å². The zero-order chi connectivity index (χ0) is 22.9. The number of carbonyl (C=O) groups excluding carboxylic acids is 1. The van der Waals surface area contributed by atoms with Gasteiger partial charge in [-0.25, -0.2) is 18.1 Å². The summed E-state index contributed by atoms with van der Waals surface area (Å²) in [7, 11) is -3.73. The van der Waals surface area contributed by atoms with E-state index < -0.39 is 15.9 Å². The quantitative estimate of drug-likeness (QED) is 0.388. The summed E-state index contributed by atoms with van der Waals surface area (Å²) in [5.41, 5.74) is 2.99. The maximum atomic E-state index is 12.4. The Kier molecular flexibility index (Phi) is 6.01. The number of nitriles is 1. The number of carbonyl (C=O) groups is 1. The third-order valence-electron chi connectivity index (χ3n) is 4.46.